The Labute approximate surface area is 149 Å². The fraction of sp³-hybridized carbons (Fsp3) is 0.158. The van der Waals surface area contributed by atoms with Gasteiger partial charge < -0.3 is 10.1 Å². The number of nitrogens with one attached hydrogen (secondary N) is 1. The first-order valence-corrected chi connectivity index (χ1v) is 8.23. The van der Waals surface area contributed by atoms with Crippen LogP contribution in [0.25, 0.3) is 6.08 Å². The molecule has 0 aliphatic heterocycles. The molecule has 2 rings (SSSR count). The van der Waals surface area contributed by atoms with E-state index in [1.807, 2.05) is 56.3 Å². The summed E-state index contributed by atoms with van der Waals surface area (Å²) in [5.41, 5.74) is 1.32. The number of amides is 1. The maximum absolute atomic E-state index is 12.3. The molecule has 0 radical (unpaired) electrons. The number of halogens is 1. The molecule has 24 heavy (non-hydrogen) atoms. The molecule has 0 saturated carbocycles. The van der Waals surface area contributed by atoms with Gasteiger partial charge in [0.1, 0.15) is 17.4 Å². The van der Waals surface area contributed by atoms with Crippen molar-refractivity contribution in [1.82, 2.24) is 0 Å². The number of para-hydroxylation sites is 1. The smallest absolute Gasteiger partial charge is 0.266 e. The fourth-order valence-corrected chi connectivity index (χ4v) is 2.26. The van der Waals surface area contributed by atoms with Crippen LogP contribution in [-0.2, 0) is 4.79 Å². The van der Waals surface area contributed by atoms with E-state index in [0.717, 1.165) is 4.47 Å². The molecule has 2 aromatic carbocycles. The number of nitrogens with zero attached hydrogens (tertiary/aromatic N) is 1. The van der Waals surface area contributed by atoms with Crippen LogP contribution in [0.3, 0.4) is 0 Å². The van der Waals surface area contributed by atoms with Crippen molar-refractivity contribution in [3.8, 4) is 11.8 Å². The van der Waals surface area contributed by atoms with Crippen molar-refractivity contribution in [1.29, 1.82) is 5.26 Å². The number of nitriles is 1. The van der Waals surface area contributed by atoms with E-state index in [1.165, 1.54) is 6.08 Å². The molecule has 0 fully saturated rings. The van der Waals surface area contributed by atoms with Crippen LogP contribution in [0.5, 0.6) is 5.75 Å². The van der Waals surface area contributed by atoms with Crippen LogP contribution in [0.4, 0.5) is 5.69 Å². The lowest BCUT2D eigenvalue weighted by atomic mass is 10.1. The summed E-state index contributed by atoms with van der Waals surface area (Å²) in [5, 5.41) is 12.0. The lowest BCUT2D eigenvalue weighted by Gasteiger charge is -2.12. The second-order valence-electron chi connectivity index (χ2n) is 5.34. The molecule has 0 aromatic heterocycles. The Morgan fingerprint density at radius 3 is 2.50 bits per heavy atom. The van der Waals surface area contributed by atoms with Crippen molar-refractivity contribution in [2.75, 3.05) is 5.32 Å². The average Bonchev–Trinajstić information content (AvgIpc) is 2.55. The number of carbonyl (C=O) groups is 1. The Bertz CT molecular complexity index is 790. The molecule has 4 nitrogen and oxygen atoms in total. The molecule has 0 atom stereocenters. The highest BCUT2D eigenvalue weighted by atomic mass is 79.9. The van der Waals surface area contributed by atoms with Crippen molar-refractivity contribution in [2.45, 2.75) is 20.0 Å². The van der Waals surface area contributed by atoms with Crippen LogP contribution in [-0.4, -0.2) is 12.0 Å². The van der Waals surface area contributed by atoms with E-state index >= 15 is 0 Å². The Balaban J connectivity index is 2.24. The lowest BCUT2D eigenvalue weighted by Crippen LogP contribution is -2.13. The topological polar surface area (TPSA) is 62.1 Å². The number of hydrogen-bond acceptors (Lipinski definition) is 3. The number of hydrogen-bond donors (Lipinski definition) is 1. The minimum absolute atomic E-state index is 0.00155. The van der Waals surface area contributed by atoms with Gasteiger partial charge in [0.05, 0.1) is 6.10 Å². The molecule has 1 amide bonds. The van der Waals surface area contributed by atoms with Gasteiger partial charge in [0.2, 0.25) is 0 Å². The molecule has 0 unspecified atom stereocenters. The predicted octanol–water partition coefficient (Wildman–Crippen LogP) is 4.78. The van der Waals surface area contributed by atoms with Crippen LogP contribution >= 0.6 is 15.9 Å². The summed E-state index contributed by atoms with van der Waals surface area (Å²) < 4.78 is 6.62. The second-order valence-corrected chi connectivity index (χ2v) is 6.25. The van der Waals surface area contributed by atoms with Crippen LogP contribution in [0.2, 0.25) is 0 Å². The van der Waals surface area contributed by atoms with Gasteiger partial charge in [-0.3, -0.25) is 4.79 Å². The first kappa shape index (κ1) is 17.8. The highest BCUT2D eigenvalue weighted by Gasteiger charge is 2.11. The van der Waals surface area contributed by atoms with Gasteiger partial charge in [-0.25, -0.2) is 0 Å². The maximum atomic E-state index is 12.3. The SMILES string of the molecule is CC(C)Oc1ccccc1/C=C(\C#N)C(=O)Nc1ccc(Br)cc1. The van der Waals surface area contributed by atoms with Gasteiger partial charge in [0, 0.05) is 15.7 Å². The first-order chi connectivity index (χ1) is 11.5. The molecule has 0 heterocycles. The fourth-order valence-electron chi connectivity index (χ4n) is 2.00. The summed E-state index contributed by atoms with van der Waals surface area (Å²) in [6.07, 6.45) is 1.54. The molecule has 1 N–H and O–H groups in total. The zero-order chi connectivity index (χ0) is 17.5. The predicted molar refractivity (Wildman–Crippen MR) is 98.6 cm³/mol. The van der Waals surface area contributed by atoms with Crippen molar-refractivity contribution in [3.05, 3.63) is 64.1 Å². The first-order valence-electron chi connectivity index (χ1n) is 7.44. The molecular weight excluding hydrogens is 368 g/mol. The highest BCUT2D eigenvalue weighted by molar-refractivity contribution is 9.10. The average molecular weight is 385 g/mol. The van der Waals surface area contributed by atoms with Crippen LogP contribution in [0.15, 0.2) is 58.6 Å². The van der Waals surface area contributed by atoms with Gasteiger partial charge in [-0.05, 0) is 50.3 Å². The zero-order valence-corrected chi connectivity index (χ0v) is 15.0. The number of carbonyl (C=O) groups excluding carboxylic acids is 1. The number of rotatable bonds is 5. The van der Waals surface area contributed by atoms with E-state index in [2.05, 4.69) is 21.2 Å². The number of anilines is 1. The Hall–Kier alpha value is -2.58. The van der Waals surface area contributed by atoms with Gasteiger partial charge in [0.25, 0.3) is 5.91 Å². The Morgan fingerprint density at radius 1 is 1.21 bits per heavy atom. The Kier molecular flexibility index (Phi) is 6.16. The van der Waals surface area contributed by atoms with E-state index in [4.69, 9.17) is 4.74 Å². The minimum Gasteiger partial charge on any atom is -0.490 e. The van der Waals surface area contributed by atoms with Gasteiger partial charge in [-0.1, -0.05) is 34.1 Å². The van der Waals surface area contributed by atoms with Crippen molar-refractivity contribution >= 4 is 33.6 Å². The van der Waals surface area contributed by atoms with Gasteiger partial charge >= 0.3 is 0 Å². The largest absolute Gasteiger partial charge is 0.490 e. The van der Waals surface area contributed by atoms with Crippen LogP contribution < -0.4 is 10.1 Å². The monoisotopic (exact) mass is 384 g/mol. The maximum Gasteiger partial charge on any atom is 0.266 e. The molecule has 0 aliphatic carbocycles. The van der Waals surface area contributed by atoms with Crippen molar-refractivity contribution in [3.63, 3.8) is 0 Å². The third-order valence-electron chi connectivity index (χ3n) is 3.05. The summed E-state index contributed by atoms with van der Waals surface area (Å²) in [4.78, 5) is 12.3. The van der Waals surface area contributed by atoms with Crippen molar-refractivity contribution in [2.24, 2.45) is 0 Å². The van der Waals surface area contributed by atoms with E-state index < -0.39 is 5.91 Å². The van der Waals surface area contributed by atoms with Gasteiger partial charge in [-0.15, -0.1) is 0 Å². The van der Waals surface area contributed by atoms with E-state index in [9.17, 15) is 10.1 Å². The highest BCUT2D eigenvalue weighted by Crippen LogP contribution is 2.23. The molecule has 5 heteroatoms. The number of benzene rings is 2. The zero-order valence-electron chi connectivity index (χ0n) is 13.4. The lowest BCUT2D eigenvalue weighted by molar-refractivity contribution is -0.112. The van der Waals surface area contributed by atoms with Crippen LogP contribution in [0, 0.1) is 11.3 Å². The standard InChI is InChI=1S/C19H17BrN2O2/c1-13(2)24-18-6-4-3-5-14(18)11-15(12-21)19(23)22-17-9-7-16(20)8-10-17/h3-11,13H,1-2H3,(H,22,23)/b15-11+. The normalized spacial score (nSPS) is 11.0. The van der Waals surface area contributed by atoms with E-state index in [0.29, 0.717) is 17.0 Å². The van der Waals surface area contributed by atoms with Gasteiger partial charge in [-0.2, -0.15) is 5.26 Å². The molecule has 0 spiro atoms. The molecule has 0 aliphatic rings. The van der Waals surface area contributed by atoms with Gasteiger partial charge in [0.15, 0.2) is 0 Å². The second kappa shape index (κ2) is 8.32. The summed E-state index contributed by atoms with van der Waals surface area (Å²) in [7, 11) is 0. The summed E-state index contributed by atoms with van der Waals surface area (Å²) >= 11 is 3.34. The summed E-state index contributed by atoms with van der Waals surface area (Å²) in [6, 6.07) is 16.4. The molecule has 0 saturated heterocycles. The van der Waals surface area contributed by atoms with E-state index in [-0.39, 0.29) is 11.7 Å². The van der Waals surface area contributed by atoms with Crippen LogP contribution in [0.1, 0.15) is 19.4 Å². The molecular formula is C19H17BrN2O2. The number of ether oxygens (including phenoxy) is 1. The quantitative estimate of drug-likeness (QED) is 0.595. The minimum atomic E-state index is -0.459. The Morgan fingerprint density at radius 2 is 1.88 bits per heavy atom. The summed E-state index contributed by atoms with van der Waals surface area (Å²) in [6.45, 7) is 3.85. The molecule has 122 valence electrons. The third-order valence-corrected chi connectivity index (χ3v) is 3.58. The summed E-state index contributed by atoms with van der Waals surface area (Å²) in [5.74, 6) is 0.177. The molecule has 2 aromatic rings. The molecule has 0 bridgehead atoms. The third kappa shape index (κ3) is 4.97. The van der Waals surface area contributed by atoms with Crippen molar-refractivity contribution < 1.29 is 9.53 Å². The van der Waals surface area contributed by atoms with E-state index in [1.54, 1.807) is 12.1 Å².